The summed E-state index contributed by atoms with van der Waals surface area (Å²) in [5.41, 5.74) is 4.92. The van der Waals surface area contributed by atoms with Crippen molar-refractivity contribution in [3.8, 4) is 0 Å². The fourth-order valence-electron chi connectivity index (χ4n) is 0.780. The Kier molecular flexibility index (Phi) is 8.61. The van der Waals surface area contributed by atoms with Gasteiger partial charge in [-0.2, -0.15) is 0 Å². The number of amides is 1. The van der Waals surface area contributed by atoms with Gasteiger partial charge in [-0.15, -0.1) is 11.6 Å². The summed E-state index contributed by atoms with van der Waals surface area (Å²) in [6.07, 6.45) is 0. The molecule has 0 saturated carbocycles. The van der Waals surface area contributed by atoms with Gasteiger partial charge in [-0.05, 0) is 23.7 Å². The minimum Gasteiger partial charge on any atom is -0.453 e. The number of hydrogen-bond acceptors (Lipinski definition) is 4. The molecule has 1 aromatic rings. The molecule has 0 aliphatic heterocycles. The average molecular weight is 292 g/mol. The summed E-state index contributed by atoms with van der Waals surface area (Å²) in [6, 6.07) is 8.39. The number of carbonyl (C=O) groups excluding carboxylic acids is 3. The van der Waals surface area contributed by atoms with E-state index in [4.69, 9.17) is 23.2 Å². The van der Waals surface area contributed by atoms with Gasteiger partial charge in [0.25, 0.3) is 5.24 Å². The molecule has 0 spiro atoms. The van der Waals surface area contributed by atoms with E-state index in [0.29, 0.717) is 5.56 Å². The van der Waals surface area contributed by atoms with E-state index in [0.717, 1.165) is 0 Å². The van der Waals surface area contributed by atoms with Crippen LogP contribution in [0.3, 0.4) is 0 Å². The highest BCUT2D eigenvalue weighted by molar-refractivity contribution is 6.64. The van der Waals surface area contributed by atoms with E-state index < -0.39 is 23.7 Å². The lowest BCUT2D eigenvalue weighted by atomic mass is 10.2. The number of halogens is 2. The van der Waals surface area contributed by atoms with Crippen LogP contribution in [0.15, 0.2) is 30.3 Å². The minimum atomic E-state index is -0.690. The van der Waals surface area contributed by atoms with Crippen LogP contribution in [-0.2, 0) is 14.3 Å². The number of rotatable bonds is 4. The third kappa shape index (κ3) is 8.55. The van der Waals surface area contributed by atoms with Crippen molar-refractivity contribution in [1.29, 1.82) is 0 Å². The van der Waals surface area contributed by atoms with Crippen LogP contribution in [0.4, 0.5) is 0 Å². The Labute approximate surface area is 114 Å². The van der Waals surface area contributed by atoms with Crippen LogP contribution < -0.4 is 5.73 Å². The third-order valence-electron chi connectivity index (χ3n) is 1.46. The maximum Gasteiger partial charge on any atom is 0.338 e. The maximum atomic E-state index is 11.1. The summed E-state index contributed by atoms with van der Waals surface area (Å²) < 4.78 is 4.57. The predicted molar refractivity (Wildman–Crippen MR) is 67.5 cm³/mol. The number of hydrogen-bond donors (Lipinski definition) is 1. The highest BCUT2D eigenvalue weighted by Crippen LogP contribution is 2.00. The van der Waals surface area contributed by atoms with Gasteiger partial charge in [-0.3, -0.25) is 9.59 Å². The highest BCUT2D eigenvalue weighted by atomic mass is 35.5. The molecule has 0 unspecified atom stereocenters. The second kappa shape index (κ2) is 9.44. The van der Waals surface area contributed by atoms with Gasteiger partial charge >= 0.3 is 5.97 Å². The fraction of sp³-hybridized carbons (Fsp3) is 0.182. The molecular formula is C11H11Cl2NO4. The molecule has 1 aromatic carbocycles. The highest BCUT2D eigenvalue weighted by Gasteiger charge is 2.07. The zero-order valence-corrected chi connectivity index (χ0v) is 10.8. The van der Waals surface area contributed by atoms with Crippen molar-refractivity contribution in [1.82, 2.24) is 0 Å². The minimum absolute atomic E-state index is 0.0833. The Morgan fingerprint density at radius 3 is 2.06 bits per heavy atom. The van der Waals surface area contributed by atoms with E-state index in [1.807, 2.05) is 0 Å². The van der Waals surface area contributed by atoms with Gasteiger partial charge in [0.15, 0.2) is 6.61 Å². The molecule has 0 heterocycles. The lowest BCUT2D eigenvalue weighted by Gasteiger charge is -2.00. The third-order valence-corrected chi connectivity index (χ3v) is 1.83. The van der Waals surface area contributed by atoms with Crippen LogP contribution in [0.25, 0.3) is 0 Å². The molecule has 0 atom stereocenters. The van der Waals surface area contributed by atoms with E-state index >= 15 is 0 Å². The number of nitrogens with two attached hydrogens (primary N) is 1. The van der Waals surface area contributed by atoms with Gasteiger partial charge in [0, 0.05) is 0 Å². The Bertz CT molecular complexity index is 409. The first-order valence-electron chi connectivity index (χ1n) is 4.72. The number of carbonyl (C=O) groups is 3. The Balaban J connectivity index is 0.000000494. The zero-order chi connectivity index (χ0) is 14.0. The lowest BCUT2D eigenvalue weighted by molar-refractivity contribution is -0.116. The SMILES string of the molecule is NC(=O)CCl.O=C(Cl)COC(=O)c1ccccc1. The monoisotopic (exact) mass is 291 g/mol. The van der Waals surface area contributed by atoms with Crippen LogP contribution in [-0.4, -0.2) is 29.6 Å². The molecule has 0 radical (unpaired) electrons. The van der Waals surface area contributed by atoms with Gasteiger partial charge in [0.05, 0.1) is 5.56 Å². The molecule has 0 aliphatic carbocycles. The Morgan fingerprint density at radius 1 is 1.17 bits per heavy atom. The largest absolute Gasteiger partial charge is 0.453 e. The summed E-state index contributed by atoms with van der Waals surface area (Å²) in [4.78, 5) is 30.8. The van der Waals surface area contributed by atoms with Crippen molar-refractivity contribution in [2.45, 2.75) is 0 Å². The van der Waals surface area contributed by atoms with Crippen LogP contribution in [0.5, 0.6) is 0 Å². The molecule has 0 aliphatic rings. The molecule has 1 rings (SSSR count). The molecule has 18 heavy (non-hydrogen) atoms. The maximum absolute atomic E-state index is 11.1. The van der Waals surface area contributed by atoms with Gasteiger partial charge in [-0.1, -0.05) is 18.2 Å². The zero-order valence-electron chi connectivity index (χ0n) is 9.27. The summed E-state index contributed by atoms with van der Waals surface area (Å²) in [7, 11) is 0. The second-order valence-electron chi connectivity index (χ2n) is 2.90. The molecule has 98 valence electrons. The van der Waals surface area contributed by atoms with E-state index in [1.54, 1.807) is 30.3 Å². The van der Waals surface area contributed by atoms with Gasteiger partial charge in [-0.25, -0.2) is 4.79 Å². The number of primary amides is 1. The van der Waals surface area contributed by atoms with E-state index in [1.165, 1.54) is 0 Å². The lowest BCUT2D eigenvalue weighted by Crippen LogP contribution is -2.10. The summed E-state index contributed by atoms with van der Waals surface area (Å²) in [5, 5.41) is -0.690. The molecule has 0 bridgehead atoms. The summed E-state index contributed by atoms with van der Waals surface area (Å²) >= 11 is 9.86. The van der Waals surface area contributed by atoms with Crippen molar-refractivity contribution in [2.24, 2.45) is 5.73 Å². The van der Waals surface area contributed by atoms with Crippen molar-refractivity contribution in [3.63, 3.8) is 0 Å². The van der Waals surface area contributed by atoms with Crippen molar-refractivity contribution < 1.29 is 19.1 Å². The van der Waals surface area contributed by atoms with Gasteiger partial charge in [0.2, 0.25) is 5.91 Å². The molecule has 2 N–H and O–H groups in total. The normalized spacial score (nSPS) is 8.78. The molecule has 1 amide bonds. The number of benzene rings is 1. The Hall–Kier alpha value is -1.59. The summed E-state index contributed by atoms with van der Waals surface area (Å²) in [6.45, 7) is -0.394. The standard InChI is InChI=1S/C9H7ClO3.C2H4ClNO/c10-8(11)6-13-9(12)7-4-2-1-3-5-7;3-1-2(4)5/h1-5H,6H2;1H2,(H2,4,5). The van der Waals surface area contributed by atoms with Gasteiger partial charge < -0.3 is 10.5 Å². The molecule has 7 heteroatoms. The molecule has 0 saturated heterocycles. The predicted octanol–water partition coefficient (Wildman–Crippen LogP) is 1.32. The first-order valence-corrected chi connectivity index (χ1v) is 5.63. The first kappa shape index (κ1) is 16.4. The molecular weight excluding hydrogens is 281 g/mol. The van der Waals surface area contributed by atoms with Gasteiger partial charge in [0.1, 0.15) is 5.88 Å². The number of esters is 1. The van der Waals surface area contributed by atoms with Crippen LogP contribution in [0.1, 0.15) is 10.4 Å². The average Bonchev–Trinajstić information content (AvgIpc) is 2.37. The van der Waals surface area contributed by atoms with Crippen LogP contribution in [0, 0.1) is 0 Å². The quantitative estimate of drug-likeness (QED) is 0.515. The van der Waals surface area contributed by atoms with Crippen LogP contribution in [0.2, 0.25) is 0 Å². The van der Waals surface area contributed by atoms with Crippen molar-refractivity contribution in [3.05, 3.63) is 35.9 Å². The van der Waals surface area contributed by atoms with Crippen molar-refractivity contribution >= 4 is 40.3 Å². The smallest absolute Gasteiger partial charge is 0.338 e. The summed E-state index contributed by atoms with van der Waals surface area (Å²) in [5.74, 6) is -1.11. The molecule has 5 nitrogen and oxygen atoms in total. The topological polar surface area (TPSA) is 86.5 Å². The first-order chi connectivity index (χ1) is 8.47. The second-order valence-corrected chi connectivity index (χ2v) is 3.59. The number of ether oxygens (including phenoxy) is 1. The van der Waals surface area contributed by atoms with E-state index in [2.05, 4.69) is 10.5 Å². The number of alkyl halides is 1. The molecule has 0 fully saturated rings. The Morgan fingerprint density at radius 2 is 1.67 bits per heavy atom. The van der Waals surface area contributed by atoms with Crippen LogP contribution >= 0.6 is 23.2 Å². The molecule has 0 aromatic heterocycles. The fourth-order valence-corrected chi connectivity index (χ4v) is 0.834. The van der Waals surface area contributed by atoms with E-state index in [-0.39, 0.29) is 5.88 Å². The van der Waals surface area contributed by atoms with E-state index in [9.17, 15) is 14.4 Å². The van der Waals surface area contributed by atoms with Crippen molar-refractivity contribution in [2.75, 3.05) is 12.5 Å².